The van der Waals surface area contributed by atoms with Gasteiger partial charge in [0.1, 0.15) is 0 Å². The molecular formula is C20H20N4OS. The number of amides is 1. The van der Waals surface area contributed by atoms with Gasteiger partial charge in [-0.25, -0.2) is 4.98 Å². The molecule has 0 spiro atoms. The molecule has 5 nitrogen and oxygen atoms in total. The number of nitrogens with zero attached hydrogens (tertiary/aromatic N) is 3. The molecule has 4 rings (SSSR count). The number of rotatable bonds is 5. The van der Waals surface area contributed by atoms with Gasteiger partial charge in [0.15, 0.2) is 5.82 Å². The van der Waals surface area contributed by atoms with Crippen LogP contribution in [0.4, 0.5) is 5.69 Å². The minimum Gasteiger partial charge on any atom is -0.311 e. The number of carbonyl (C=O) groups excluding carboxylic acids is 1. The molecule has 1 amide bonds. The van der Waals surface area contributed by atoms with Crippen LogP contribution < -0.4 is 4.90 Å². The van der Waals surface area contributed by atoms with E-state index in [4.69, 9.17) is 0 Å². The molecule has 132 valence electrons. The summed E-state index contributed by atoms with van der Waals surface area (Å²) >= 11 is 1.37. The maximum absolute atomic E-state index is 12.6. The largest absolute Gasteiger partial charge is 0.311 e. The summed E-state index contributed by atoms with van der Waals surface area (Å²) in [5, 5.41) is 7.79. The van der Waals surface area contributed by atoms with Gasteiger partial charge in [0.25, 0.3) is 0 Å². The number of thioether (sulfide) groups is 1. The molecule has 0 bridgehead atoms. The molecule has 0 atom stereocenters. The highest BCUT2D eigenvalue weighted by Crippen LogP contribution is 2.28. The minimum atomic E-state index is 0.0959. The van der Waals surface area contributed by atoms with Gasteiger partial charge in [0.2, 0.25) is 11.1 Å². The Kier molecular flexibility index (Phi) is 4.75. The molecule has 3 aromatic rings. The van der Waals surface area contributed by atoms with Gasteiger partial charge in [-0.2, -0.15) is 0 Å². The maximum atomic E-state index is 12.6. The highest BCUT2D eigenvalue weighted by molar-refractivity contribution is 7.99. The predicted octanol–water partition coefficient (Wildman–Crippen LogP) is 3.72. The third kappa shape index (κ3) is 3.37. The van der Waals surface area contributed by atoms with Crippen molar-refractivity contribution in [3.63, 3.8) is 0 Å². The number of aromatic amines is 1. The molecule has 0 aliphatic carbocycles. The van der Waals surface area contributed by atoms with Crippen molar-refractivity contribution in [3.8, 4) is 11.4 Å². The fraction of sp³-hybridized carbons (Fsp3) is 0.250. The fourth-order valence-electron chi connectivity index (χ4n) is 3.14. The summed E-state index contributed by atoms with van der Waals surface area (Å²) in [5.74, 6) is 1.16. The van der Waals surface area contributed by atoms with Crippen molar-refractivity contribution in [2.75, 3.05) is 17.2 Å². The number of aryl methyl sites for hydroxylation is 1. The Labute approximate surface area is 156 Å². The van der Waals surface area contributed by atoms with E-state index in [1.165, 1.54) is 22.9 Å². The number of fused-ring (bicyclic) bond motifs is 1. The average molecular weight is 364 g/mol. The second kappa shape index (κ2) is 7.33. The Morgan fingerprint density at radius 1 is 1.19 bits per heavy atom. The first kappa shape index (κ1) is 16.8. The highest BCUT2D eigenvalue weighted by Gasteiger charge is 2.24. The van der Waals surface area contributed by atoms with Crippen molar-refractivity contribution in [2.45, 2.75) is 24.9 Å². The zero-order valence-corrected chi connectivity index (χ0v) is 15.4. The Morgan fingerprint density at radius 3 is 2.81 bits per heavy atom. The van der Waals surface area contributed by atoms with Crippen LogP contribution >= 0.6 is 11.8 Å². The van der Waals surface area contributed by atoms with Gasteiger partial charge in [0, 0.05) is 17.8 Å². The third-order valence-electron chi connectivity index (χ3n) is 4.61. The molecule has 1 N–H and O–H groups in total. The molecule has 0 saturated heterocycles. The molecule has 26 heavy (non-hydrogen) atoms. The second-order valence-corrected chi connectivity index (χ2v) is 7.17. The number of para-hydroxylation sites is 1. The van der Waals surface area contributed by atoms with Gasteiger partial charge in [-0.15, -0.1) is 5.10 Å². The Hall–Kier alpha value is -2.60. The molecular weight excluding hydrogens is 344 g/mol. The molecule has 2 aromatic carbocycles. The summed E-state index contributed by atoms with van der Waals surface area (Å²) in [4.78, 5) is 18.9. The standard InChI is InChI=1S/C20H20N4OS/c1-2-14-7-9-16(10-8-14)19-21-20(23-22-19)26-13-18(25)24-12-11-15-5-3-4-6-17(15)24/h3-10H,2,11-13H2,1H3,(H,21,22,23). The van der Waals surface area contributed by atoms with Crippen molar-refractivity contribution >= 4 is 23.4 Å². The second-order valence-electron chi connectivity index (χ2n) is 6.23. The first-order valence-electron chi connectivity index (χ1n) is 8.77. The summed E-state index contributed by atoms with van der Waals surface area (Å²) in [7, 11) is 0. The van der Waals surface area contributed by atoms with Crippen LogP contribution in [0.25, 0.3) is 11.4 Å². The lowest BCUT2D eigenvalue weighted by Crippen LogP contribution is -2.30. The summed E-state index contributed by atoms with van der Waals surface area (Å²) in [6.45, 7) is 2.88. The molecule has 0 saturated carbocycles. The van der Waals surface area contributed by atoms with Crippen LogP contribution in [0.1, 0.15) is 18.1 Å². The van der Waals surface area contributed by atoms with Crippen LogP contribution in [-0.4, -0.2) is 33.4 Å². The van der Waals surface area contributed by atoms with Crippen molar-refractivity contribution in [1.82, 2.24) is 15.2 Å². The van der Waals surface area contributed by atoms with Crippen LogP contribution in [-0.2, 0) is 17.6 Å². The monoisotopic (exact) mass is 364 g/mol. The van der Waals surface area contributed by atoms with Crippen molar-refractivity contribution in [1.29, 1.82) is 0 Å². The van der Waals surface area contributed by atoms with E-state index in [0.717, 1.165) is 36.5 Å². The molecule has 1 aliphatic rings. The van der Waals surface area contributed by atoms with E-state index in [1.807, 2.05) is 35.2 Å². The van der Waals surface area contributed by atoms with Crippen molar-refractivity contribution in [3.05, 3.63) is 59.7 Å². The molecule has 0 fully saturated rings. The topological polar surface area (TPSA) is 61.9 Å². The van der Waals surface area contributed by atoms with E-state index < -0.39 is 0 Å². The van der Waals surface area contributed by atoms with Crippen molar-refractivity contribution in [2.24, 2.45) is 0 Å². The number of H-pyrrole nitrogens is 1. The van der Waals surface area contributed by atoms with E-state index in [1.54, 1.807) is 0 Å². The minimum absolute atomic E-state index is 0.0959. The maximum Gasteiger partial charge on any atom is 0.237 e. The SMILES string of the molecule is CCc1ccc(-c2nc(SCC(=O)N3CCc4ccccc43)n[nH]2)cc1. The number of benzene rings is 2. The van der Waals surface area contributed by atoms with Gasteiger partial charge in [-0.05, 0) is 30.0 Å². The summed E-state index contributed by atoms with van der Waals surface area (Å²) in [5.41, 5.74) is 4.56. The van der Waals surface area contributed by atoms with Crippen molar-refractivity contribution < 1.29 is 4.79 Å². The van der Waals surface area contributed by atoms with Crippen LogP contribution in [0, 0.1) is 0 Å². The lowest BCUT2D eigenvalue weighted by Gasteiger charge is -2.16. The number of anilines is 1. The Bertz CT molecular complexity index is 920. The van der Waals surface area contributed by atoms with Gasteiger partial charge in [-0.3, -0.25) is 9.89 Å². The van der Waals surface area contributed by atoms with Gasteiger partial charge in [-0.1, -0.05) is 61.2 Å². The lowest BCUT2D eigenvalue weighted by molar-refractivity contribution is -0.116. The fourth-order valence-corrected chi connectivity index (χ4v) is 3.81. The van der Waals surface area contributed by atoms with Gasteiger partial charge < -0.3 is 4.90 Å². The molecule has 0 unspecified atom stereocenters. The number of hydrogen-bond donors (Lipinski definition) is 1. The summed E-state index contributed by atoms with van der Waals surface area (Å²) < 4.78 is 0. The third-order valence-corrected chi connectivity index (χ3v) is 5.45. The van der Waals surface area contributed by atoms with Crippen LogP contribution in [0.2, 0.25) is 0 Å². The summed E-state index contributed by atoms with van der Waals surface area (Å²) in [6, 6.07) is 16.4. The average Bonchev–Trinajstić information content (AvgIpc) is 3.33. The normalized spacial score (nSPS) is 13.0. The van der Waals surface area contributed by atoms with Crippen LogP contribution in [0.3, 0.4) is 0 Å². The number of aromatic nitrogens is 3. The number of hydrogen-bond acceptors (Lipinski definition) is 4. The first-order chi connectivity index (χ1) is 12.7. The lowest BCUT2D eigenvalue weighted by atomic mass is 10.1. The van der Waals surface area contributed by atoms with Crippen LogP contribution in [0.5, 0.6) is 0 Å². The number of carbonyl (C=O) groups is 1. The highest BCUT2D eigenvalue weighted by atomic mass is 32.2. The van der Waals surface area contributed by atoms with E-state index in [-0.39, 0.29) is 5.91 Å². The molecule has 1 aliphatic heterocycles. The van der Waals surface area contributed by atoms with E-state index >= 15 is 0 Å². The van der Waals surface area contributed by atoms with Gasteiger partial charge >= 0.3 is 0 Å². The number of nitrogens with one attached hydrogen (secondary N) is 1. The molecule has 2 heterocycles. The first-order valence-corrected chi connectivity index (χ1v) is 9.76. The van der Waals surface area contributed by atoms with E-state index in [0.29, 0.717) is 10.9 Å². The van der Waals surface area contributed by atoms with E-state index in [9.17, 15) is 4.79 Å². The zero-order chi connectivity index (χ0) is 17.9. The molecule has 0 radical (unpaired) electrons. The Balaban J connectivity index is 1.39. The summed E-state index contributed by atoms with van der Waals surface area (Å²) in [6.07, 6.45) is 1.94. The predicted molar refractivity (Wildman–Crippen MR) is 104 cm³/mol. The zero-order valence-electron chi connectivity index (χ0n) is 14.6. The smallest absolute Gasteiger partial charge is 0.237 e. The van der Waals surface area contributed by atoms with E-state index in [2.05, 4.69) is 40.3 Å². The van der Waals surface area contributed by atoms with Crippen LogP contribution in [0.15, 0.2) is 53.7 Å². The molecule has 1 aromatic heterocycles. The molecule has 6 heteroatoms. The van der Waals surface area contributed by atoms with Gasteiger partial charge in [0.05, 0.1) is 5.75 Å². The Morgan fingerprint density at radius 2 is 2.00 bits per heavy atom. The quantitative estimate of drug-likeness (QED) is 0.701.